The normalized spacial score (nSPS) is 11.0. The van der Waals surface area contributed by atoms with Gasteiger partial charge >= 0.3 is 0 Å². The Morgan fingerprint density at radius 1 is 1.30 bits per heavy atom. The van der Waals surface area contributed by atoms with Crippen molar-refractivity contribution in [3.63, 3.8) is 0 Å². The molecule has 0 bridgehead atoms. The molecular formula is C16H23ClIN5. The summed E-state index contributed by atoms with van der Waals surface area (Å²) in [6.07, 6.45) is 4.70. The van der Waals surface area contributed by atoms with Crippen LogP contribution in [0, 0.1) is 0 Å². The fraction of sp³-hybridized carbons (Fsp3) is 0.375. The Hall–Kier alpha value is -1.28. The number of aryl methyl sites for hydroxylation is 1. The van der Waals surface area contributed by atoms with Gasteiger partial charge in [-0.05, 0) is 31.0 Å². The first-order valence-electron chi connectivity index (χ1n) is 7.41. The van der Waals surface area contributed by atoms with E-state index in [1.54, 1.807) is 4.68 Å². The number of hydrogen-bond donors (Lipinski definition) is 2. The second kappa shape index (κ2) is 10.5. The van der Waals surface area contributed by atoms with Gasteiger partial charge in [0, 0.05) is 36.9 Å². The molecule has 7 heteroatoms. The predicted octanol–water partition coefficient (Wildman–Crippen LogP) is 2.99. The topological polar surface area (TPSA) is 54.2 Å². The number of halogens is 2. The first kappa shape index (κ1) is 19.8. The molecule has 0 aliphatic carbocycles. The summed E-state index contributed by atoms with van der Waals surface area (Å²) in [6, 6.07) is 7.92. The summed E-state index contributed by atoms with van der Waals surface area (Å²) in [6.45, 7) is 4.30. The lowest BCUT2D eigenvalue weighted by molar-refractivity contribution is 0.766. The summed E-state index contributed by atoms with van der Waals surface area (Å²) in [7, 11) is 1.90. The number of aliphatic imine (C=N–C) groups is 1. The molecule has 1 aromatic heterocycles. The van der Waals surface area contributed by atoms with Crippen LogP contribution in [0.1, 0.15) is 18.1 Å². The fourth-order valence-electron chi connectivity index (χ4n) is 2.08. The SMILES string of the molecule is CCNC(=NCc1cnn(C)c1)NCCc1cccc(Cl)c1.I. The zero-order valence-corrected chi connectivity index (χ0v) is 16.5. The summed E-state index contributed by atoms with van der Waals surface area (Å²) < 4.78 is 1.78. The van der Waals surface area contributed by atoms with Crippen LogP contribution in [0.2, 0.25) is 5.02 Å². The van der Waals surface area contributed by atoms with E-state index in [9.17, 15) is 0 Å². The van der Waals surface area contributed by atoms with Crippen LogP contribution in [0.4, 0.5) is 0 Å². The Bertz CT molecular complexity index is 626. The molecule has 1 heterocycles. The van der Waals surface area contributed by atoms with Crippen LogP contribution >= 0.6 is 35.6 Å². The molecule has 0 spiro atoms. The predicted molar refractivity (Wildman–Crippen MR) is 107 cm³/mol. The van der Waals surface area contributed by atoms with Crippen LogP contribution in [-0.4, -0.2) is 28.8 Å². The van der Waals surface area contributed by atoms with Gasteiger partial charge in [-0.1, -0.05) is 23.7 Å². The number of nitrogens with zero attached hydrogens (tertiary/aromatic N) is 3. The Labute approximate surface area is 159 Å². The van der Waals surface area contributed by atoms with Crippen LogP contribution in [0.3, 0.4) is 0 Å². The molecule has 0 atom stereocenters. The zero-order chi connectivity index (χ0) is 15.8. The van der Waals surface area contributed by atoms with Crippen molar-refractivity contribution in [1.29, 1.82) is 0 Å². The third kappa shape index (κ3) is 7.22. The van der Waals surface area contributed by atoms with E-state index < -0.39 is 0 Å². The summed E-state index contributed by atoms with van der Waals surface area (Å²) in [4.78, 5) is 4.56. The van der Waals surface area contributed by atoms with Crippen molar-refractivity contribution >= 4 is 41.5 Å². The molecule has 0 aliphatic heterocycles. The Kier molecular flexibility index (Phi) is 9.01. The average Bonchev–Trinajstić information content (AvgIpc) is 2.90. The summed E-state index contributed by atoms with van der Waals surface area (Å²) in [5.41, 5.74) is 2.30. The van der Waals surface area contributed by atoms with Gasteiger partial charge in [0.15, 0.2) is 5.96 Å². The van der Waals surface area contributed by atoms with E-state index in [1.165, 1.54) is 5.56 Å². The maximum atomic E-state index is 5.99. The van der Waals surface area contributed by atoms with Crippen molar-refractivity contribution in [2.24, 2.45) is 12.0 Å². The maximum absolute atomic E-state index is 5.99. The molecule has 2 rings (SSSR count). The van der Waals surface area contributed by atoms with Gasteiger partial charge in [0.1, 0.15) is 0 Å². The van der Waals surface area contributed by atoms with Gasteiger partial charge in [0.2, 0.25) is 0 Å². The molecule has 0 unspecified atom stereocenters. The first-order chi connectivity index (χ1) is 10.7. The molecule has 0 saturated carbocycles. The van der Waals surface area contributed by atoms with E-state index in [2.05, 4.69) is 33.7 Å². The number of rotatable bonds is 6. The van der Waals surface area contributed by atoms with E-state index in [-0.39, 0.29) is 24.0 Å². The van der Waals surface area contributed by atoms with E-state index in [0.29, 0.717) is 6.54 Å². The lowest BCUT2D eigenvalue weighted by Crippen LogP contribution is -2.38. The largest absolute Gasteiger partial charge is 0.357 e. The zero-order valence-electron chi connectivity index (χ0n) is 13.4. The van der Waals surface area contributed by atoms with Crippen molar-refractivity contribution in [3.05, 3.63) is 52.8 Å². The van der Waals surface area contributed by atoms with E-state index in [4.69, 9.17) is 11.6 Å². The molecule has 0 saturated heterocycles. The number of benzene rings is 1. The molecule has 0 amide bonds. The molecule has 5 nitrogen and oxygen atoms in total. The molecule has 0 aliphatic rings. The molecule has 2 N–H and O–H groups in total. The summed E-state index contributed by atoms with van der Waals surface area (Å²) in [5.74, 6) is 0.813. The smallest absolute Gasteiger partial charge is 0.191 e. The standard InChI is InChI=1S/C16H22ClN5.HI/c1-3-18-16(20-10-14-11-21-22(2)12-14)19-8-7-13-5-4-6-15(17)9-13;/h4-6,9,11-12H,3,7-8,10H2,1-2H3,(H2,18,19,20);1H. The molecule has 2 aromatic rings. The molecule has 1 aromatic carbocycles. The van der Waals surface area contributed by atoms with Gasteiger partial charge in [-0.2, -0.15) is 5.10 Å². The first-order valence-corrected chi connectivity index (χ1v) is 7.79. The van der Waals surface area contributed by atoms with E-state index >= 15 is 0 Å². The van der Waals surface area contributed by atoms with Crippen LogP contribution in [0.15, 0.2) is 41.7 Å². The van der Waals surface area contributed by atoms with Gasteiger partial charge in [0.05, 0.1) is 12.7 Å². The van der Waals surface area contributed by atoms with Crippen molar-refractivity contribution < 1.29 is 0 Å². The quantitative estimate of drug-likeness (QED) is 0.407. The van der Waals surface area contributed by atoms with Gasteiger partial charge in [-0.25, -0.2) is 4.99 Å². The third-order valence-corrected chi connectivity index (χ3v) is 3.35. The number of nitrogens with one attached hydrogen (secondary N) is 2. The maximum Gasteiger partial charge on any atom is 0.191 e. The van der Waals surface area contributed by atoms with Gasteiger partial charge < -0.3 is 10.6 Å². The molecule has 126 valence electrons. The molecule has 0 fully saturated rings. The van der Waals surface area contributed by atoms with Crippen molar-refractivity contribution in [1.82, 2.24) is 20.4 Å². The van der Waals surface area contributed by atoms with E-state index in [0.717, 1.165) is 36.1 Å². The Morgan fingerprint density at radius 2 is 2.13 bits per heavy atom. The highest BCUT2D eigenvalue weighted by Gasteiger charge is 2.00. The van der Waals surface area contributed by atoms with Gasteiger partial charge in [-0.3, -0.25) is 4.68 Å². The monoisotopic (exact) mass is 447 g/mol. The number of hydrogen-bond acceptors (Lipinski definition) is 2. The second-order valence-corrected chi connectivity index (χ2v) is 5.46. The fourth-order valence-corrected chi connectivity index (χ4v) is 2.30. The van der Waals surface area contributed by atoms with E-state index in [1.807, 2.05) is 37.6 Å². The van der Waals surface area contributed by atoms with Crippen molar-refractivity contribution in [3.8, 4) is 0 Å². The van der Waals surface area contributed by atoms with Gasteiger partial charge in [0.25, 0.3) is 0 Å². The Balaban J connectivity index is 0.00000264. The van der Waals surface area contributed by atoms with Crippen LogP contribution in [0.5, 0.6) is 0 Å². The minimum atomic E-state index is 0. The minimum absolute atomic E-state index is 0. The Morgan fingerprint density at radius 3 is 2.78 bits per heavy atom. The van der Waals surface area contributed by atoms with Gasteiger partial charge in [-0.15, -0.1) is 24.0 Å². The van der Waals surface area contributed by atoms with Crippen LogP contribution in [0.25, 0.3) is 0 Å². The van der Waals surface area contributed by atoms with Crippen LogP contribution in [-0.2, 0) is 20.0 Å². The second-order valence-electron chi connectivity index (χ2n) is 5.02. The highest BCUT2D eigenvalue weighted by atomic mass is 127. The molecular weight excluding hydrogens is 425 g/mol. The summed E-state index contributed by atoms with van der Waals surface area (Å²) in [5, 5.41) is 11.5. The van der Waals surface area contributed by atoms with Crippen LogP contribution < -0.4 is 10.6 Å². The highest BCUT2D eigenvalue weighted by Crippen LogP contribution is 2.10. The number of aromatic nitrogens is 2. The van der Waals surface area contributed by atoms with Crippen molar-refractivity contribution in [2.75, 3.05) is 13.1 Å². The lowest BCUT2D eigenvalue weighted by atomic mass is 10.1. The lowest BCUT2D eigenvalue weighted by Gasteiger charge is -2.11. The highest BCUT2D eigenvalue weighted by molar-refractivity contribution is 14.0. The minimum Gasteiger partial charge on any atom is -0.357 e. The third-order valence-electron chi connectivity index (χ3n) is 3.12. The summed E-state index contributed by atoms with van der Waals surface area (Å²) >= 11 is 5.99. The molecule has 0 radical (unpaired) electrons. The number of guanidine groups is 1. The van der Waals surface area contributed by atoms with Crippen molar-refractivity contribution in [2.45, 2.75) is 19.9 Å². The molecule has 23 heavy (non-hydrogen) atoms. The average molecular weight is 448 g/mol.